The number of likely N-dealkylation sites (N-methyl/N-ethyl adjacent to an activating group) is 1. The lowest BCUT2D eigenvalue weighted by molar-refractivity contribution is 0.269. The number of benzene rings is 2. The molecule has 0 aliphatic rings. The Kier molecular flexibility index (Phi) is 5.45. The number of aryl methyl sites for hydroxylation is 1. The highest BCUT2D eigenvalue weighted by Gasteiger charge is 2.10. The van der Waals surface area contributed by atoms with Gasteiger partial charge < -0.3 is 10.1 Å². The van der Waals surface area contributed by atoms with Gasteiger partial charge in [0.25, 0.3) is 0 Å². The third-order valence-corrected chi connectivity index (χ3v) is 3.62. The number of ether oxygens (including phenoxy) is 1. The number of hydrogen-bond acceptors (Lipinski definition) is 2. The Morgan fingerprint density at radius 1 is 1.15 bits per heavy atom. The molecule has 0 bridgehead atoms. The van der Waals surface area contributed by atoms with Crippen LogP contribution in [0.25, 0.3) is 0 Å². The summed E-state index contributed by atoms with van der Waals surface area (Å²) in [5, 5.41) is 4.00. The van der Waals surface area contributed by atoms with Gasteiger partial charge in [-0.3, -0.25) is 0 Å². The minimum Gasteiger partial charge on any atom is -0.492 e. The molecule has 0 aliphatic heterocycles. The van der Waals surface area contributed by atoms with Gasteiger partial charge >= 0.3 is 0 Å². The summed E-state index contributed by atoms with van der Waals surface area (Å²) in [5.74, 6) is 0.808. The molecule has 0 saturated carbocycles. The summed E-state index contributed by atoms with van der Waals surface area (Å²) in [6, 6.07) is 16.2. The molecule has 1 atom stereocenters. The SMILES string of the molecule is CNC(COc1cccc(Cl)c1)Cc1ccccc1C. The van der Waals surface area contributed by atoms with E-state index in [4.69, 9.17) is 16.3 Å². The van der Waals surface area contributed by atoms with Gasteiger partial charge in [0.15, 0.2) is 0 Å². The molecule has 20 heavy (non-hydrogen) atoms. The molecular formula is C17H20ClNO. The third-order valence-electron chi connectivity index (χ3n) is 3.38. The standard InChI is InChI=1S/C17H20ClNO/c1-13-6-3-4-7-14(13)10-16(19-2)12-20-17-9-5-8-15(18)11-17/h3-9,11,16,19H,10,12H2,1-2H3. The number of halogens is 1. The zero-order chi connectivity index (χ0) is 14.4. The minimum atomic E-state index is 0.273. The number of rotatable bonds is 6. The van der Waals surface area contributed by atoms with Crippen molar-refractivity contribution in [1.82, 2.24) is 5.32 Å². The lowest BCUT2D eigenvalue weighted by Gasteiger charge is -2.18. The Labute approximate surface area is 125 Å². The Hall–Kier alpha value is -1.51. The summed E-state index contributed by atoms with van der Waals surface area (Å²) in [7, 11) is 1.96. The van der Waals surface area contributed by atoms with E-state index in [9.17, 15) is 0 Å². The van der Waals surface area contributed by atoms with Crippen molar-refractivity contribution in [3.8, 4) is 5.75 Å². The van der Waals surface area contributed by atoms with Crippen molar-refractivity contribution in [1.29, 1.82) is 0 Å². The zero-order valence-electron chi connectivity index (χ0n) is 11.9. The second-order valence-electron chi connectivity index (χ2n) is 4.88. The second kappa shape index (κ2) is 7.32. The highest BCUT2D eigenvalue weighted by atomic mass is 35.5. The van der Waals surface area contributed by atoms with Gasteiger partial charge in [0.2, 0.25) is 0 Å². The van der Waals surface area contributed by atoms with Gasteiger partial charge in [-0.1, -0.05) is 41.9 Å². The molecule has 0 heterocycles. The summed E-state index contributed by atoms with van der Waals surface area (Å²) >= 11 is 5.95. The third kappa shape index (κ3) is 4.26. The molecule has 0 amide bonds. The molecule has 2 rings (SSSR count). The normalized spacial score (nSPS) is 12.2. The Morgan fingerprint density at radius 2 is 1.95 bits per heavy atom. The highest BCUT2D eigenvalue weighted by molar-refractivity contribution is 6.30. The molecule has 106 valence electrons. The second-order valence-corrected chi connectivity index (χ2v) is 5.32. The summed E-state index contributed by atoms with van der Waals surface area (Å²) in [4.78, 5) is 0. The Balaban J connectivity index is 1.94. The van der Waals surface area contributed by atoms with Gasteiger partial charge in [0.1, 0.15) is 12.4 Å². The van der Waals surface area contributed by atoms with Crippen LogP contribution in [0.1, 0.15) is 11.1 Å². The van der Waals surface area contributed by atoms with Crippen LogP contribution in [0.3, 0.4) is 0 Å². The summed E-state index contributed by atoms with van der Waals surface area (Å²) in [6.07, 6.45) is 0.948. The first kappa shape index (κ1) is 14.9. The maximum absolute atomic E-state index is 5.95. The Bertz CT molecular complexity index is 556. The lowest BCUT2D eigenvalue weighted by Crippen LogP contribution is -2.34. The fraction of sp³-hybridized carbons (Fsp3) is 0.294. The van der Waals surface area contributed by atoms with Crippen molar-refractivity contribution >= 4 is 11.6 Å². The van der Waals surface area contributed by atoms with Crippen molar-refractivity contribution < 1.29 is 4.74 Å². The van der Waals surface area contributed by atoms with E-state index in [1.165, 1.54) is 11.1 Å². The molecule has 2 aromatic carbocycles. The predicted molar refractivity (Wildman–Crippen MR) is 84.7 cm³/mol. The van der Waals surface area contributed by atoms with Crippen LogP contribution in [0.4, 0.5) is 0 Å². The number of nitrogens with one attached hydrogen (secondary N) is 1. The molecule has 1 N–H and O–H groups in total. The van der Waals surface area contributed by atoms with E-state index >= 15 is 0 Å². The van der Waals surface area contributed by atoms with Gasteiger partial charge in [-0.05, 0) is 49.7 Å². The van der Waals surface area contributed by atoms with E-state index in [0.717, 1.165) is 12.2 Å². The van der Waals surface area contributed by atoms with E-state index in [1.54, 1.807) is 0 Å². The molecule has 3 heteroatoms. The van der Waals surface area contributed by atoms with Crippen molar-refractivity contribution in [3.63, 3.8) is 0 Å². The van der Waals surface area contributed by atoms with E-state index < -0.39 is 0 Å². The van der Waals surface area contributed by atoms with Crippen LogP contribution >= 0.6 is 11.6 Å². The molecule has 0 spiro atoms. The lowest BCUT2D eigenvalue weighted by atomic mass is 10.0. The largest absolute Gasteiger partial charge is 0.492 e. The maximum Gasteiger partial charge on any atom is 0.120 e. The molecule has 2 aromatic rings. The summed E-state index contributed by atoms with van der Waals surface area (Å²) in [5.41, 5.74) is 2.66. The average molecular weight is 290 g/mol. The van der Waals surface area contributed by atoms with Crippen LogP contribution in [0, 0.1) is 6.92 Å². The van der Waals surface area contributed by atoms with Crippen LogP contribution < -0.4 is 10.1 Å². The molecule has 0 aliphatic carbocycles. The summed E-state index contributed by atoms with van der Waals surface area (Å²) < 4.78 is 5.80. The van der Waals surface area contributed by atoms with Crippen LogP contribution in [0.5, 0.6) is 5.75 Å². The first-order chi connectivity index (χ1) is 9.69. The van der Waals surface area contributed by atoms with E-state index in [-0.39, 0.29) is 6.04 Å². The minimum absolute atomic E-state index is 0.273. The van der Waals surface area contributed by atoms with Crippen LogP contribution in [-0.4, -0.2) is 19.7 Å². The number of hydrogen-bond donors (Lipinski definition) is 1. The van der Waals surface area contributed by atoms with Crippen molar-refractivity contribution in [2.45, 2.75) is 19.4 Å². The molecule has 0 aromatic heterocycles. The first-order valence-corrected chi connectivity index (χ1v) is 7.17. The summed E-state index contributed by atoms with van der Waals surface area (Å²) in [6.45, 7) is 2.76. The fourth-order valence-electron chi connectivity index (χ4n) is 2.10. The van der Waals surface area contributed by atoms with Crippen LogP contribution in [0.15, 0.2) is 48.5 Å². The van der Waals surface area contributed by atoms with E-state index in [1.807, 2.05) is 31.3 Å². The van der Waals surface area contributed by atoms with Crippen LogP contribution in [0.2, 0.25) is 5.02 Å². The molecule has 0 fully saturated rings. The quantitative estimate of drug-likeness (QED) is 0.872. The monoisotopic (exact) mass is 289 g/mol. The molecule has 1 unspecified atom stereocenters. The van der Waals surface area contributed by atoms with Gasteiger partial charge in [-0.15, -0.1) is 0 Å². The van der Waals surface area contributed by atoms with Gasteiger partial charge in [-0.25, -0.2) is 0 Å². The fourth-order valence-corrected chi connectivity index (χ4v) is 2.28. The van der Waals surface area contributed by atoms with Crippen molar-refractivity contribution in [3.05, 3.63) is 64.7 Å². The van der Waals surface area contributed by atoms with Crippen molar-refractivity contribution in [2.24, 2.45) is 0 Å². The predicted octanol–water partition coefficient (Wildman–Crippen LogP) is 3.86. The topological polar surface area (TPSA) is 21.3 Å². The van der Waals surface area contributed by atoms with E-state index in [2.05, 4.69) is 36.5 Å². The van der Waals surface area contributed by atoms with Gasteiger partial charge in [0.05, 0.1) is 0 Å². The molecular weight excluding hydrogens is 270 g/mol. The van der Waals surface area contributed by atoms with Crippen molar-refractivity contribution in [2.75, 3.05) is 13.7 Å². The maximum atomic E-state index is 5.95. The molecule has 2 nitrogen and oxygen atoms in total. The molecule has 0 radical (unpaired) electrons. The first-order valence-electron chi connectivity index (χ1n) is 6.79. The Morgan fingerprint density at radius 3 is 2.65 bits per heavy atom. The van der Waals surface area contributed by atoms with Crippen LogP contribution in [-0.2, 0) is 6.42 Å². The smallest absolute Gasteiger partial charge is 0.120 e. The highest BCUT2D eigenvalue weighted by Crippen LogP contribution is 2.18. The van der Waals surface area contributed by atoms with Gasteiger partial charge in [-0.2, -0.15) is 0 Å². The zero-order valence-corrected chi connectivity index (χ0v) is 12.7. The van der Waals surface area contributed by atoms with E-state index in [0.29, 0.717) is 11.6 Å². The average Bonchev–Trinajstić information content (AvgIpc) is 2.45. The molecule has 0 saturated heterocycles. The van der Waals surface area contributed by atoms with Gasteiger partial charge in [0, 0.05) is 11.1 Å².